The van der Waals surface area contributed by atoms with Gasteiger partial charge >= 0.3 is 118 Å². The first-order valence-corrected chi connectivity index (χ1v) is 14.5. The molecule has 0 aliphatic rings. The summed E-state index contributed by atoms with van der Waals surface area (Å²) in [6.45, 7) is 12.0. The van der Waals surface area contributed by atoms with Crippen LogP contribution in [0.5, 0.6) is 0 Å². The van der Waals surface area contributed by atoms with E-state index < -0.39 is 21.4 Å². The molecule has 0 aromatic rings. The van der Waals surface area contributed by atoms with Gasteiger partial charge in [0.05, 0.1) is 0 Å². The third kappa shape index (κ3) is 10.4. The quantitative estimate of drug-likeness (QED) is 0.568. The number of hydrogen-bond acceptors (Lipinski definition) is 2. The van der Waals surface area contributed by atoms with Gasteiger partial charge in [-0.25, -0.2) is 0 Å². The Balaban J connectivity index is 3.55. The van der Waals surface area contributed by atoms with Gasteiger partial charge < -0.3 is 0 Å². The van der Waals surface area contributed by atoms with Crippen molar-refractivity contribution in [1.82, 2.24) is 9.80 Å². The van der Waals surface area contributed by atoms with Crippen molar-refractivity contribution in [3.63, 3.8) is 0 Å². The van der Waals surface area contributed by atoms with Crippen molar-refractivity contribution in [2.24, 2.45) is 0 Å². The summed E-state index contributed by atoms with van der Waals surface area (Å²) in [5, 5.41) is 0. The molecule has 102 valence electrons. The van der Waals surface area contributed by atoms with E-state index in [0.717, 1.165) is 0 Å². The average Bonchev–Trinajstić information content (AvgIpc) is 2.36. The molecule has 0 aromatic carbocycles. The van der Waals surface area contributed by atoms with Crippen LogP contribution >= 0.6 is 0 Å². The van der Waals surface area contributed by atoms with E-state index in [4.69, 9.17) is 0 Å². The third-order valence-corrected chi connectivity index (χ3v) is 14.2. The molecular weight excluding hydrogens is 311 g/mol. The summed E-state index contributed by atoms with van der Waals surface area (Å²) in [5.41, 5.74) is 0. The zero-order valence-electron chi connectivity index (χ0n) is 12.8. The summed E-state index contributed by atoms with van der Waals surface area (Å²) >= 11 is -1.10. The van der Waals surface area contributed by atoms with Gasteiger partial charge in [-0.05, 0) is 0 Å². The predicted molar refractivity (Wildman–Crippen MR) is 81.4 cm³/mol. The minimum absolute atomic E-state index is 1.10. The Morgan fingerprint density at radius 1 is 0.765 bits per heavy atom. The molecule has 3 heteroatoms. The summed E-state index contributed by atoms with van der Waals surface area (Å²) in [6.07, 6.45) is 2.92. The second-order valence-corrected chi connectivity index (χ2v) is 15.9. The maximum absolute atomic E-state index is 2.45. The van der Waals surface area contributed by atoms with Crippen LogP contribution in [0.4, 0.5) is 0 Å². The molecule has 0 fully saturated rings. The molecule has 0 spiro atoms. The van der Waals surface area contributed by atoms with Crippen LogP contribution in [0.25, 0.3) is 0 Å². The van der Waals surface area contributed by atoms with Crippen molar-refractivity contribution >= 4 is 21.4 Å². The van der Waals surface area contributed by atoms with Crippen LogP contribution in [0.1, 0.15) is 33.6 Å². The number of nitrogens with zero attached hydrogens (tertiary/aromatic N) is 2. The van der Waals surface area contributed by atoms with Crippen molar-refractivity contribution in [2.45, 2.75) is 46.1 Å². The Labute approximate surface area is 117 Å². The van der Waals surface area contributed by atoms with Crippen molar-refractivity contribution < 1.29 is 0 Å². The Morgan fingerprint density at radius 2 is 1.18 bits per heavy atom. The van der Waals surface area contributed by atoms with Crippen LogP contribution in [0.2, 0.25) is 12.5 Å². The topological polar surface area (TPSA) is 6.48 Å². The molecule has 0 amide bonds. The number of hydrogen-bond donors (Lipinski definition) is 0. The van der Waals surface area contributed by atoms with Crippen LogP contribution < -0.4 is 0 Å². The van der Waals surface area contributed by atoms with Gasteiger partial charge in [0.2, 0.25) is 0 Å². The van der Waals surface area contributed by atoms with Crippen LogP contribution in [0.15, 0.2) is 0 Å². The molecule has 0 bridgehead atoms. The molecule has 0 unspecified atom stereocenters. The van der Waals surface area contributed by atoms with Gasteiger partial charge in [-0.2, -0.15) is 0 Å². The second-order valence-electron chi connectivity index (χ2n) is 5.35. The normalized spacial score (nSPS) is 11.5. The van der Waals surface area contributed by atoms with Crippen LogP contribution in [-0.2, 0) is 0 Å². The fourth-order valence-corrected chi connectivity index (χ4v) is 9.66. The van der Waals surface area contributed by atoms with Gasteiger partial charge in [0, 0.05) is 0 Å². The van der Waals surface area contributed by atoms with Crippen molar-refractivity contribution in [3.05, 3.63) is 0 Å². The first-order valence-electron chi connectivity index (χ1n) is 7.51. The average molecular weight is 344 g/mol. The molecule has 0 atom stereocenters. The van der Waals surface area contributed by atoms with Crippen LogP contribution in [0.3, 0.4) is 0 Å². The standard InChI is InChI=1S/2C6H14N.C2H5.In/c2*1-4-6-7(3)5-2;1-2;/h2*1,4-6H2,2-3H3;1H2,2H3;. The van der Waals surface area contributed by atoms with E-state index >= 15 is 0 Å². The van der Waals surface area contributed by atoms with E-state index in [2.05, 4.69) is 44.7 Å². The molecule has 0 aromatic heterocycles. The molecule has 0 radical (unpaired) electrons. The summed E-state index contributed by atoms with van der Waals surface area (Å²) in [7, 11) is 4.49. The van der Waals surface area contributed by atoms with Gasteiger partial charge in [0.1, 0.15) is 0 Å². The second kappa shape index (κ2) is 11.9. The molecule has 0 N–H and O–H groups in total. The molecule has 0 saturated carbocycles. The van der Waals surface area contributed by atoms with Gasteiger partial charge in [-0.1, -0.05) is 0 Å². The van der Waals surface area contributed by atoms with Crippen molar-refractivity contribution in [3.8, 4) is 0 Å². The van der Waals surface area contributed by atoms with Gasteiger partial charge in [0.25, 0.3) is 0 Å². The molecule has 17 heavy (non-hydrogen) atoms. The third-order valence-electron chi connectivity index (χ3n) is 3.96. The van der Waals surface area contributed by atoms with Crippen molar-refractivity contribution in [1.29, 1.82) is 0 Å². The Kier molecular flexibility index (Phi) is 12.4. The fourth-order valence-electron chi connectivity index (χ4n) is 2.17. The van der Waals surface area contributed by atoms with E-state index in [1.807, 2.05) is 0 Å². The summed E-state index contributed by atoms with van der Waals surface area (Å²) < 4.78 is 4.81. The first kappa shape index (κ1) is 17.8. The summed E-state index contributed by atoms with van der Waals surface area (Å²) in [5.74, 6) is 0. The molecular formula is C14H33InN2. The summed E-state index contributed by atoms with van der Waals surface area (Å²) in [6, 6.07) is 0. The molecule has 0 aliphatic carbocycles. The maximum atomic E-state index is 2.45. The predicted octanol–water partition coefficient (Wildman–Crippen LogP) is 3.18. The van der Waals surface area contributed by atoms with Crippen LogP contribution in [0, 0.1) is 0 Å². The Bertz CT molecular complexity index is 148. The van der Waals surface area contributed by atoms with Gasteiger partial charge in [-0.15, -0.1) is 0 Å². The molecule has 0 heterocycles. The zero-order valence-corrected chi connectivity index (χ0v) is 16.1. The molecule has 0 saturated heterocycles. The summed E-state index contributed by atoms with van der Waals surface area (Å²) in [4.78, 5) is 4.90. The zero-order chi connectivity index (χ0) is 13.1. The Hall–Kier alpha value is 0.790. The fraction of sp³-hybridized carbons (Fsp3) is 1.00. The van der Waals surface area contributed by atoms with E-state index in [1.54, 1.807) is 12.5 Å². The van der Waals surface area contributed by atoms with E-state index in [9.17, 15) is 0 Å². The minimum atomic E-state index is -1.10. The van der Waals surface area contributed by atoms with Gasteiger partial charge in [0.15, 0.2) is 0 Å². The first-order chi connectivity index (χ1) is 8.13. The molecule has 2 nitrogen and oxygen atoms in total. The number of rotatable bonds is 11. The van der Waals surface area contributed by atoms with Gasteiger partial charge in [-0.3, -0.25) is 0 Å². The Morgan fingerprint density at radius 3 is 1.47 bits per heavy atom. The van der Waals surface area contributed by atoms with E-state index in [1.165, 1.54) is 39.0 Å². The molecule has 0 rings (SSSR count). The van der Waals surface area contributed by atoms with Crippen LogP contribution in [-0.4, -0.2) is 71.5 Å². The van der Waals surface area contributed by atoms with E-state index in [0.29, 0.717) is 0 Å². The SMILES string of the molecule is CCN(C)CC[CH2][In]([CH2]C)[CH2]CCN(C)CC. The molecule has 0 aliphatic heterocycles. The van der Waals surface area contributed by atoms with E-state index in [-0.39, 0.29) is 0 Å². The van der Waals surface area contributed by atoms with Crippen molar-refractivity contribution in [2.75, 3.05) is 40.3 Å². The monoisotopic (exact) mass is 344 g/mol.